The molecule has 3 fully saturated rings. The second-order valence-electron chi connectivity index (χ2n) is 17.5. The van der Waals surface area contributed by atoms with E-state index in [1.54, 1.807) is 24.3 Å². The van der Waals surface area contributed by atoms with Crippen LogP contribution < -0.4 is 14.4 Å². The summed E-state index contributed by atoms with van der Waals surface area (Å²) in [6, 6.07) is 12.5. The molecule has 308 valence electrons. The van der Waals surface area contributed by atoms with Gasteiger partial charge in [0.15, 0.2) is 12.6 Å². The Hall–Kier alpha value is -4.36. The third kappa shape index (κ3) is 7.76. The minimum absolute atomic E-state index is 0.0140. The Bertz CT molecular complexity index is 2250. The van der Waals surface area contributed by atoms with E-state index < -0.39 is 31.4 Å². The lowest BCUT2D eigenvalue weighted by Crippen LogP contribution is -2.43. The predicted molar refractivity (Wildman–Crippen MR) is 227 cm³/mol. The molecule has 3 aliphatic heterocycles. The number of nitrogens with zero attached hydrogens (tertiary/aromatic N) is 5. The van der Waals surface area contributed by atoms with Gasteiger partial charge in [0.2, 0.25) is 0 Å². The fraction of sp³-hybridized carbons (Fsp3) is 0.543. The van der Waals surface area contributed by atoms with Gasteiger partial charge >= 0.3 is 6.01 Å². The normalized spacial score (nSPS) is 21.4. The fourth-order valence-electron chi connectivity index (χ4n) is 10.3. The van der Waals surface area contributed by atoms with Crippen LogP contribution in [0.2, 0.25) is 16.6 Å². The number of hydrogen-bond acceptors (Lipinski definition) is 8. The van der Waals surface area contributed by atoms with Gasteiger partial charge in [-0.15, -0.1) is 5.54 Å². The molecule has 3 aliphatic rings. The lowest BCUT2D eigenvalue weighted by Gasteiger charge is -2.38. The summed E-state index contributed by atoms with van der Waals surface area (Å²) in [5.74, 6) is 3.13. The molecule has 0 bridgehead atoms. The Morgan fingerprint density at radius 2 is 1.71 bits per heavy atom. The molecule has 0 spiro atoms. The van der Waals surface area contributed by atoms with Crippen molar-refractivity contribution in [2.75, 3.05) is 51.6 Å². The molecule has 0 radical (unpaired) electrons. The third-order valence-corrected chi connectivity index (χ3v) is 19.4. The number of methoxy groups -OCH3 is 1. The lowest BCUT2D eigenvalue weighted by molar-refractivity contribution is 0.0512. The third-order valence-electron chi connectivity index (χ3n) is 13.2. The summed E-state index contributed by atoms with van der Waals surface area (Å²) in [6.45, 7) is 15.8. The van der Waals surface area contributed by atoms with Crippen molar-refractivity contribution in [3.05, 3.63) is 53.6 Å². The number of aromatic nitrogens is 2. The van der Waals surface area contributed by atoms with Crippen molar-refractivity contribution in [1.29, 1.82) is 5.26 Å². The number of anilines is 1. The van der Waals surface area contributed by atoms with Crippen LogP contribution in [0.3, 0.4) is 0 Å². The Morgan fingerprint density at radius 1 is 0.931 bits per heavy atom. The number of nitriles is 1. The summed E-state index contributed by atoms with van der Waals surface area (Å²) in [5, 5.41) is 11.3. The maximum Gasteiger partial charge on any atom is 0.319 e. The fourth-order valence-corrected chi connectivity index (χ4v) is 15.5. The summed E-state index contributed by atoms with van der Waals surface area (Å²) < 4.78 is 66.2. The largest absolute Gasteiger partial charge is 0.468 e. The van der Waals surface area contributed by atoms with Gasteiger partial charge in [0, 0.05) is 55.4 Å². The van der Waals surface area contributed by atoms with Gasteiger partial charge < -0.3 is 19.1 Å². The molecule has 0 aliphatic carbocycles. The molecule has 12 heteroatoms. The van der Waals surface area contributed by atoms with Gasteiger partial charge in [0.05, 0.1) is 17.2 Å². The van der Waals surface area contributed by atoms with Crippen molar-refractivity contribution in [2.45, 2.75) is 108 Å². The van der Waals surface area contributed by atoms with Crippen LogP contribution in [0.15, 0.2) is 36.4 Å². The summed E-state index contributed by atoms with van der Waals surface area (Å²) in [5.41, 5.74) is 5.09. The van der Waals surface area contributed by atoms with Crippen molar-refractivity contribution in [3.63, 3.8) is 0 Å². The number of halogens is 3. The van der Waals surface area contributed by atoms with E-state index in [4.69, 9.17) is 24.2 Å². The summed E-state index contributed by atoms with van der Waals surface area (Å²) in [4.78, 5) is 13.9. The highest BCUT2D eigenvalue weighted by molar-refractivity contribution is 6.90. The van der Waals surface area contributed by atoms with E-state index in [2.05, 4.69) is 68.9 Å². The van der Waals surface area contributed by atoms with Gasteiger partial charge in [0.1, 0.15) is 43.8 Å². The van der Waals surface area contributed by atoms with Crippen molar-refractivity contribution < 1.29 is 27.4 Å². The van der Waals surface area contributed by atoms with Gasteiger partial charge in [-0.25, -0.2) is 13.2 Å². The van der Waals surface area contributed by atoms with Gasteiger partial charge in [-0.1, -0.05) is 59.6 Å². The van der Waals surface area contributed by atoms with Gasteiger partial charge in [-0.2, -0.15) is 15.2 Å². The molecule has 58 heavy (non-hydrogen) atoms. The molecule has 1 unspecified atom stereocenters. The molecule has 3 saturated heterocycles. The van der Waals surface area contributed by atoms with E-state index in [0.29, 0.717) is 82.4 Å². The summed E-state index contributed by atoms with van der Waals surface area (Å²) in [7, 11) is -0.759. The smallest absolute Gasteiger partial charge is 0.319 e. The minimum atomic E-state index is -2.28. The SMILES string of the molecule is COCOc1cc(-c2ccc3c(N4CCCC(C#N)CC4)nc(OC[C@@]45CCCN4C[C@H](F)C5)nc3c2F)c2c(C#C[Si](C(C)C)(C(C)C)C(C)C)c(F)ccc2c1. The first-order chi connectivity index (χ1) is 27.8. The molecule has 3 atom stereocenters. The van der Waals surface area contributed by atoms with Crippen LogP contribution in [0.1, 0.15) is 85.6 Å². The number of alkyl halides is 1. The maximum atomic E-state index is 17.7. The van der Waals surface area contributed by atoms with E-state index in [9.17, 15) is 9.65 Å². The van der Waals surface area contributed by atoms with E-state index in [1.165, 1.54) is 13.2 Å². The highest BCUT2D eigenvalue weighted by Gasteiger charge is 2.49. The first-order valence-corrected chi connectivity index (χ1v) is 23.1. The predicted octanol–water partition coefficient (Wildman–Crippen LogP) is 10.4. The molecule has 8 nitrogen and oxygen atoms in total. The number of hydrogen-bond donors (Lipinski definition) is 0. The Morgan fingerprint density at radius 3 is 2.43 bits per heavy atom. The zero-order chi connectivity index (χ0) is 41.4. The van der Waals surface area contributed by atoms with Crippen LogP contribution >= 0.6 is 0 Å². The van der Waals surface area contributed by atoms with Crippen molar-refractivity contribution in [1.82, 2.24) is 14.9 Å². The van der Waals surface area contributed by atoms with Gasteiger partial charge in [-0.05, 0) is 90.5 Å². The number of benzene rings is 3. The monoisotopic (exact) mass is 811 g/mol. The average molecular weight is 812 g/mol. The van der Waals surface area contributed by atoms with Crippen LogP contribution in [-0.4, -0.2) is 81.3 Å². The van der Waals surface area contributed by atoms with E-state index in [0.717, 1.165) is 32.2 Å². The topological polar surface area (TPSA) is 83.7 Å². The van der Waals surface area contributed by atoms with E-state index in [-0.39, 0.29) is 42.0 Å². The number of ether oxygens (including phenoxy) is 3. The number of fused-ring (bicyclic) bond motifs is 3. The van der Waals surface area contributed by atoms with Crippen molar-refractivity contribution in [2.24, 2.45) is 5.92 Å². The Balaban J connectivity index is 1.43. The molecule has 4 heterocycles. The molecule has 0 N–H and O–H groups in total. The highest BCUT2D eigenvalue weighted by Crippen LogP contribution is 2.44. The highest BCUT2D eigenvalue weighted by atomic mass is 28.3. The molecule has 0 amide bonds. The molecule has 0 saturated carbocycles. The number of rotatable bonds is 11. The first kappa shape index (κ1) is 41.8. The Labute approximate surface area is 342 Å². The maximum absolute atomic E-state index is 17.7. The van der Waals surface area contributed by atoms with Crippen LogP contribution in [-0.2, 0) is 4.74 Å². The zero-order valence-corrected chi connectivity index (χ0v) is 35.9. The molecule has 4 aromatic rings. The van der Waals surface area contributed by atoms with E-state index >= 15 is 8.78 Å². The zero-order valence-electron chi connectivity index (χ0n) is 34.9. The quantitative estimate of drug-likeness (QED) is 0.0841. The lowest BCUT2D eigenvalue weighted by atomic mass is 9.93. The van der Waals surface area contributed by atoms with Crippen LogP contribution in [0.25, 0.3) is 32.8 Å². The molecular formula is C46H56F3N5O3Si. The molecular weight excluding hydrogens is 756 g/mol. The van der Waals surface area contributed by atoms with Crippen molar-refractivity contribution in [3.8, 4) is 40.4 Å². The van der Waals surface area contributed by atoms with Crippen molar-refractivity contribution >= 4 is 35.6 Å². The standard InChI is InChI=1S/C46H56F3N5O3Si/c1-29(2)58(30(3)4,31(5)6)21-16-37-40(48)14-11-33-22-35(57-28-55-7)23-39(41(33)37)36-12-13-38-43(42(36)49)51-45(52-44(38)53-18-8-10-32(25-50)15-20-53)56-27-46-17-9-19-54(46)26-34(47)24-46/h11-14,22-23,29-32,34H,8-10,15,17-20,24,26-28H2,1-7H3/t32?,34-,46+/m1/s1. The summed E-state index contributed by atoms with van der Waals surface area (Å²) >= 11 is 0. The average Bonchev–Trinajstić information content (AvgIpc) is 3.61. The van der Waals surface area contributed by atoms with Crippen LogP contribution in [0.5, 0.6) is 11.8 Å². The minimum Gasteiger partial charge on any atom is -0.468 e. The first-order valence-electron chi connectivity index (χ1n) is 20.9. The van der Waals surface area contributed by atoms with Crippen LogP contribution in [0, 0.1) is 40.3 Å². The van der Waals surface area contributed by atoms with E-state index in [1.807, 2.05) is 6.07 Å². The molecule has 3 aromatic carbocycles. The second kappa shape index (κ2) is 17.1. The van der Waals surface area contributed by atoms with Gasteiger partial charge in [0.25, 0.3) is 0 Å². The molecule has 7 rings (SSSR count). The Kier molecular flexibility index (Phi) is 12.3. The second-order valence-corrected chi connectivity index (χ2v) is 23.0. The summed E-state index contributed by atoms with van der Waals surface area (Å²) in [6.07, 6.45) is 3.40. The van der Waals surface area contributed by atoms with Crippen LogP contribution in [0.4, 0.5) is 19.0 Å². The van der Waals surface area contributed by atoms with Gasteiger partial charge in [-0.3, -0.25) is 4.90 Å². The molecule has 1 aromatic heterocycles.